The van der Waals surface area contributed by atoms with Crippen molar-refractivity contribution >= 4 is 5.91 Å². The normalized spacial score (nSPS) is 18.0. The number of piperidine rings is 1. The van der Waals surface area contributed by atoms with Crippen molar-refractivity contribution in [2.75, 3.05) is 26.7 Å². The fourth-order valence-electron chi connectivity index (χ4n) is 2.83. The van der Waals surface area contributed by atoms with Gasteiger partial charge in [-0.1, -0.05) is 18.2 Å². The molecule has 0 radical (unpaired) electrons. The quantitative estimate of drug-likeness (QED) is 0.878. The van der Waals surface area contributed by atoms with Gasteiger partial charge in [-0.2, -0.15) is 0 Å². The van der Waals surface area contributed by atoms with Crippen LogP contribution < -0.4 is 10.1 Å². The number of aryl methyl sites for hydroxylation is 1. The van der Waals surface area contributed by atoms with Crippen LogP contribution >= 0.6 is 0 Å². The maximum absolute atomic E-state index is 12.1. The van der Waals surface area contributed by atoms with Crippen molar-refractivity contribution in [2.24, 2.45) is 5.92 Å². The Hall–Kier alpha value is -1.55. The Balaban J connectivity index is 1.69. The highest BCUT2D eigenvalue weighted by Gasteiger charge is 2.18. The molecule has 1 amide bonds. The topological polar surface area (TPSA) is 41.6 Å². The van der Waals surface area contributed by atoms with E-state index in [0.717, 1.165) is 30.2 Å². The molecule has 4 nitrogen and oxygen atoms in total. The molecule has 22 heavy (non-hydrogen) atoms. The van der Waals surface area contributed by atoms with Crippen LogP contribution in [0.15, 0.2) is 24.3 Å². The first kappa shape index (κ1) is 16.8. The monoisotopic (exact) mass is 304 g/mol. The summed E-state index contributed by atoms with van der Waals surface area (Å²) in [5, 5.41) is 3.00. The number of carbonyl (C=O) groups excluding carboxylic acids is 1. The minimum Gasteiger partial charge on any atom is -0.481 e. The van der Waals surface area contributed by atoms with Crippen LogP contribution in [0.3, 0.4) is 0 Å². The van der Waals surface area contributed by atoms with Gasteiger partial charge in [-0.15, -0.1) is 0 Å². The molecule has 0 aromatic heterocycles. The number of benzene rings is 1. The fraction of sp³-hybridized carbons (Fsp3) is 0.611. The lowest BCUT2D eigenvalue weighted by Gasteiger charge is -2.29. The standard InChI is InChI=1S/C18H28N2O2/c1-14-6-4-5-7-17(14)22-15(2)18(21)19-11-8-16-9-12-20(3)13-10-16/h4-7,15-16H,8-13H2,1-3H3,(H,19,21)/t15-/m1/s1. The Morgan fingerprint density at radius 2 is 2.05 bits per heavy atom. The third-order valence-electron chi connectivity index (χ3n) is 4.46. The first-order chi connectivity index (χ1) is 10.6. The Morgan fingerprint density at radius 1 is 1.36 bits per heavy atom. The molecule has 2 rings (SSSR count). The largest absolute Gasteiger partial charge is 0.481 e. The Bertz CT molecular complexity index is 482. The number of nitrogens with one attached hydrogen (secondary N) is 1. The molecule has 1 N–H and O–H groups in total. The number of likely N-dealkylation sites (tertiary alicyclic amines) is 1. The van der Waals surface area contributed by atoms with Gasteiger partial charge in [-0.25, -0.2) is 0 Å². The molecule has 1 saturated heterocycles. The summed E-state index contributed by atoms with van der Waals surface area (Å²) >= 11 is 0. The summed E-state index contributed by atoms with van der Waals surface area (Å²) in [6.07, 6.45) is 3.08. The minimum atomic E-state index is -0.460. The molecule has 1 atom stereocenters. The molecule has 0 bridgehead atoms. The summed E-state index contributed by atoms with van der Waals surface area (Å²) in [5.41, 5.74) is 1.05. The summed E-state index contributed by atoms with van der Waals surface area (Å²) in [4.78, 5) is 14.5. The Kier molecular flexibility index (Phi) is 6.25. The highest BCUT2D eigenvalue weighted by molar-refractivity contribution is 5.80. The third kappa shape index (κ3) is 5.02. The van der Waals surface area contributed by atoms with Gasteiger partial charge in [0, 0.05) is 6.54 Å². The van der Waals surface area contributed by atoms with Crippen LogP contribution in [-0.4, -0.2) is 43.6 Å². The van der Waals surface area contributed by atoms with Crippen molar-refractivity contribution in [1.29, 1.82) is 0 Å². The molecule has 0 unspecified atom stereocenters. The van der Waals surface area contributed by atoms with E-state index >= 15 is 0 Å². The van der Waals surface area contributed by atoms with Crippen molar-refractivity contribution < 1.29 is 9.53 Å². The second kappa shape index (κ2) is 8.18. The lowest BCUT2D eigenvalue weighted by molar-refractivity contribution is -0.127. The maximum atomic E-state index is 12.1. The minimum absolute atomic E-state index is 0.0313. The molecule has 0 spiro atoms. The van der Waals surface area contributed by atoms with Gasteiger partial charge >= 0.3 is 0 Å². The predicted octanol–water partition coefficient (Wildman–Crippen LogP) is 2.61. The average molecular weight is 304 g/mol. The van der Waals surface area contributed by atoms with Gasteiger partial charge in [-0.3, -0.25) is 4.79 Å². The van der Waals surface area contributed by atoms with Crippen LogP contribution in [0, 0.1) is 12.8 Å². The molecule has 1 aliphatic heterocycles. The van der Waals surface area contributed by atoms with Crippen molar-refractivity contribution in [3.05, 3.63) is 29.8 Å². The third-order valence-corrected chi connectivity index (χ3v) is 4.46. The molecular formula is C18H28N2O2. The first-order valence-corrected chi connectivity index (χ1v) is 8.25. The van der Waals surface area contributed by atoms with E-state index in [4.69, 9.17) is 4.74 Å². The lowest BCUT2D eigenvalue weighted by Crippen LogP contribution is -2.38. The molecule has 0 saturated carbocycles. The van der Waals surface area contributed by atoms with E-state index in [2.05, 4.69) is 17.3 Å². The van der Waals surface area contributed by atoms with Crippen LogP contribution in [0.5, 0.6) is 5.75 Å². The molecule has 0 aliphatic carbocycles. The van der Waals surface area contributed by atoms with Crippen LogP contribution in [0.4, 0.5) is 0 Å². The number of para-hydroxylation sites is 1. The van der Waals surface area contributed by atoms with Gasteiger partial charge in [0.25, 0.3) is 5.91 Å². The molecule has 122 valence electrons. The zero-order chi connectivity index (χ0) is 15.9. The number of ether oxygens (including phenoxy) is 1. The number of hydrogen-bond donors (Lipinski definition) is 1. The van der Waals surface area contributed by atoms with E-state index < -0.39 is 6.10 Å². The second-order valence-corrected chi connectivity index (χ2v) is 6.35. The van der Waals surface area contributed by atoms with Crippen molar-refractivity contribution in [3.8, 4) is 5.75 Å². The van der Waals surface area contributed by atoms with Crippen LogP contribution in [0.1, 0.15) is 31.7 Å². The van der Waals surface area contributed by atoms with Gasteiger partial charge in [0.15, 0.2) is 6.10 Å². The first-order valence-electron chi connectivity index (χ1n) is 8.25. The highest BCUT2D eigenvalue weighted by Crippen LogP contribution is 2.19. The summed E-state index contributed by atoms with van der Waals surface area (Å²) in [6, 6.07) is 7.78. The number of nitrogens with zero attached hydrogens (tertiary/aromatic N) is 1. The maximum Gasteiger partial charge on any atom is 0.260 e. The van der Waals surface area contributed by atoms with Crippen LogP contribution in [0.25, 0.3) is 0 Å². The van der Waals surface area contributed by atoms with Crippen LogP contribution in [0.2, 0.25) is 0 Å². The Labute approximate surface area is 133 Å². The van der Waals surface area contributed by atoms with E-state index in [-0.39, 0.29) is 5.91 Å². The van der Waals surface area contributed by atoms with Crippen molar-refractivity contribution in [1.82, 2.24) is 10.2 Å². The molecule has 1 fully saturated rings. The van der Waals surface area contributed by atoms with Gasteiger partial charge < -0.3 is 15.0 Å². The second-order valence-electron chi connectivity index (χ2n) is 6.35. The number of rotatable bonds is 6. The summed E-state index contributed by atoms with van der Waals surface area (Å²) in [5.74, 6) is 1.49. The molecule has 1 aromatic carbocycles. The summed E-state index contributed by atoms with van der Waals surface area (Å²) < 4.78 is 5.74. The van der Waals surface area contributed by atoms with Crippen molar-refractivity contribution in [3.63, 3.8) is 0 Å². The number of hydrogen-bond acceptors (Lipinski definition) is 3. The van der Waals surface area contributed by atoms with Crippen LogP contribution in [-0.2, 0) is 4.79 Å². The van der Waals surface area contributed by atoms with Gasteiger partial charge in [0.1, 0.15) is 5.75 Å². The zero-order valence-electron chi connectivity index (χ0n) is 14.0. The van der Waals surface area contributed by atoms with E-state index in [9.17, 15) is 4.79 Å². The Morgan fingerprint density at radius 3 is 2.73 bits per heavy atom. The van der Waals surface area contributed by atoms with Gasteiger partial charge in [-0.05, 0) is 70.8 Å². The van der Waals surface area contributed by atoms with E-state index in [1.165, 1.54) is 25.9 Å². The zero-order valence-corrected chi connectivity index (χ0v) is 14.0. The highest BCUT2D eigenvalue weighted by atomic mass is 16.5. The summed E-state index contributed by atoms with van der Waals surface area (Å²) in [6.45, 7) is 6.88. The predicted molar refractivity (Wildman–Crippen MR) is 89.1 cm³/mol. The molecule has 4 heteroatoms. The molecule has 1 aliphatic rings. The number of carbonyl (C=O) groups is 1. The summed E-state index contributed by atoms with van der Waals surface area (Å²) in [7, 11) is 2.17. The van der Waals surface area contributed by atoms with Gasteiger partial charge in [0.05, 0.1) is 0 Å². The molecule has 1 aromatic rings. The molecular weight excluding hydrogens is 276 g/mol. The van der Waals surface area contributed by atoms with E-state index in [0.29, 0.717) is 0 Å². The lowest BCUT2D eigenvalue weighted by atomic mass is 9.94. The van der Waals surface area contributed by atoms with Gasteiger partial charge in [0.2, 0.25) is 0 Å². The smallest absolute Gasteiger partial charge is 0.260 e. The average Bonchev–Trinajstić information content (AvgIpc) is 2.51. The van der Waals surface area contributed by atoms with E-state index in [1.54, 1.807) is 6.92 Å². The van der Waals surface area contributed by atoms with Crippen molar-refractivity contribution in [2.45, 2.75) is 39.2 Å². The number of amides is 1. The molecule has 1 heterocycles. The fourth-order valence-corrected chi connectivity index (χ4v) is 2.83. The SMILES string of the molecule is Cc1ccccc1O[C@H](C)C(=O)NCCC1CCN(C)CC1. The van der Waals surface area contributed by atoms with E-state index in [1.807, 2.05) is 31.2 Å².